The highest BCUT2D eigenvalue weighted by atomic mass is 14.3. The summed E-state index contributed by atoms with van der Waals surface area (Å²) in [5.74, 6) is 1.96. The van der Waals surface area contributed by atoms with E-state index in [0.29, 0.717) is 0 Å². The van der Waals surface area contributed by atoms with Crippen LogP contribution in [-0.2, 0) is 6.42 Å². The molecule has 82 valence electrons. The lowest BCUT2D eigenvalue weighted by atomic mass is 9.78. The van der Waals surface area contributed by atoms with Crippen molar-refractivity contribution < 1.29 is 0 Å². The highest BCUT2D eigenvalue weighted by Crippen LogP contribution is 2.32. The number of hydrogen-bond acceptors (Lipinski definition) is 0. The van der Waals surface area contributed by atoms with E-state index in [-0.39, 0.29) is 0 Å². The fourth-order valence-corrected chi connectivity index (χ4v) is 2.91. The van der Waals surface area contributed by atoms with Gasteiger partial charge >= 0.3 is 0 Å². The van der Waals surface area contributed by atoms with Gasteiger partial charge in [0.05, 0.1) is 0 Å². The Kier molecular flexibility index (Phi) is 3.82. The fourth-order valence-electron chi connectivity index (χ4n) is 2.91. The molecular weight excluding hydrogens is 180 g/mol. The average Bonchev–Trinajstić information content (AvgIpc) is 2.31. The lowest BCUT2D eigenvalue weighted by Gasteiger charge is -2.28. The van der Waals surface area contributed by atoms with Gasteiger partial charge in [0, 0.05) is 0 Å². The molecule has 2 rings (SSSR count). The molecule has 0 heteroatoms. The molecule has 0 bridgehead atoms. The Morgan fingerprint density at radius 3 is 2.53 bits per heavy atom. The van der Waals surface area contributed by atoms with Crippen molar-refractivity contribution in [2.24, 2.45) is 11.8 Å². The van der Waals surface area contributed by atoms with E-state index in [1.165, 1.54) is 44.1 Å². The minimum absolute atomic E-state index is 0.950. The molecule has 1 fully saturated rings. The predicted octanol–water partition coefficient (Wildman–Crippen LogP) is 4.45. The first-order valence-corrected chi connectivity index (χ1v) is 6.42. The van der Waals surface area contributed by atoms with E-state index < -0.39 is 0 Å². The summed E-state index contributed by atoms with van der Waals surface area (Å²) in [6.07, 6.45) is 8.53. The zero-order valence-corrected chi connectivity index (χ0v) is 9.78. The molecular formula is C15H22. The van der Waals surface area contributed by atoms with Crippen LogP contribution in [0.3, 0.4) is 0 Å². The first kappa shape index (κ1) is 10.7. The second-order valence-electron chi connectivity index (χ2n) is 5.00. The molecule has 0 spiro atoms. The molecule has 1 aromatic rings. The lowest BCUT2D eigenvalue weighted by molar-refractivity contribution is 0.259. The lowest BCUT2D eigenvalue weighted by Crippen LogP contribution is -2.16. The number of rotatable bonds is 3. The van der Waals surface area contributed by atoms with Crippen molar-refractivity contribution in [3.05, 3.63) is 35.9 Å². The third-order valence-corrected chi connectivity index (χ3v) is 3.84. The van der Waals surface area contributed by atoms with Gasteiger partial charge in [-0.15, -0.1) is 0 Å². The third-order valence-electron chi connectivity index (χ3n) is 3.84. The van der Waals surface area contributed by atoms with Crippen molar-refractivity contribution in [2.45, 2.75) is 45.4 Å². The van der Waals surface area contributed by atoms with Gasteiger partial charge in [0.15, 0.2) is 0 Å². The molecule has 0 aliphatic heterocycles. The van der Waals surface area contributed by atoms with E-state index in [1.807, 2.05) is 0 Å². The zero-order chi connectivity index (χ0) is 10.5. The summed E-state index contributed by atoms with van der Waals surface area (Å²) in [6, 6.07) is 11.0. The smallest absolute Gasteiger partial charge is 0.0250 e. The van der Waals surface area contributed by atoms with Gasteiger partial charge < -0.3 is 0 Å². The van der Waals surface area contributed by atoms with Crippen molar-refractivity contribution in [3.63, 3.8) is 0 Å². The maximum atomic E-state index is 2.34. The van der Waals surface area contributed by atoms with E-state index in [0.717, 1.165) is 11.8 Å². The van der Waals surface area contributed by atoms with Crippen molar-refractivity contribution >= 4 is 0 Å². The van der Waals surface area contributed by atoms with Crippen molar-refractivity contribution in [1.82, 2.24) is 0 Å². The topological polar surface area (TPSA) is 0 Å². The van der Waals surface area contributed by atoms with Gasteiger partial charge in [0.2, 0.25) is 0 Å². The minimum atomic E-state index is 0.950. The molecule has 1 aliphatic rings. The van der Waals surface area contributed by atoms with Crippen LogP contribution >= 0.6 is 0 Å². The Labute approximate surface area is 93.7 Å². The Balaban J connectivity index is 1.89. The standard InChI is InChI=1S/C15H22/c1-2-13-9-6-10-15(11-13)12-14-7-4-3-5-8-14/h3-5,7-8,13,15H,2,6,9-12H2,1H3/t13-,15-/m1/s1. The summed E-state index contributed by atoms with van der Waals surface area (Å²) < 4.78 is 0. The van der Waals surface area contributed by atoms with Gasteiger partial charge in [0.1, 0.15) is 0 Å². The van der Waals surface area contributed by atoms with Crippen LogP contribution in [0.25, 0.3) is 0 Å². The van der Waals surface area contributed by atoms with Crippen molar-refractivity contribution in [2.75, 3.05) is 0 Å². The highest BCUT2D eigenvalue weighted by Gasteiger charge is 2.20. The summed E-state index contributed by atoms with van der Waals surface area (Å²) >= 11 is 0. The Hall–Kier alpha value is -0.780. The summed E-state index contributed by atoms with van der Waals surface area (Å²) in [7, 11) is 0. The van der Waals surface area contributed by atoms with Crippen LogP contribution in [0.4, 0.5) is 0 Å². The number of hydrogen-bond donors (Lipinski definition) is 0. The minimum Gasteiger partial charge on any atom is -0.0651 e. The molecule has 0 saturated heterocycles. The van der Waals surface area contributed by atoms with Crippen LogP contribution in [0, 0.1) is 11.8 Å². The summed E-state index contributed by atoms with van der Waals surface area (Å²) in [6.45, 7) is 2.34. The maximum absolute atomic E-state index is 2.34. The molecule has 0 unspecified atom stereocenters. The highest BCUT2D eigenvalue weighted by molar-refractivity contribution is 5.15. The van der Waals surface area contributed by atoms with Crippen LogP contribution in [0.15, 0.2) is 30.3 Å². The predicted molar refractivity (Wildman–Crippen MR) is 65.9 cm³/mol. The molecule has 1 aromatic carbocycles. The first-order valence-electron chi connectivity index (χ1n) is 6.42. The molecule has 15 heavy (non-hydrogen) atoms. The zero-order valence-electron chi connectivity index (χ0n) is 9.78. The number of benzene rings is 1. The Morgan fingerprint density at radius 1 is 1.07 bits per heavy atom. The van der Waals surface area contributed by atoms with Gasteiger partial charge in [-0.3, -0.25) is 0 Å². The van der Waals surface area contributed by atoms with Crippen molar-refractivity contribution in [1.29, 1.82) is 0 Å². The molecule has 0 aromatic heterocycles. The van der Waals surface area contributed by atoms with E-state index in [9.17, 15) is 0 Å². The van der Waals surface area contributed by atoms with Gasteiger partial charge in [-0.05, 0) is 30.2 Å². The molecule has 0 nitrogen and oxygen atoms in total. The normalized spacial score (nSPS) is 26.5. The maximum Gasteiger partial charge on any atom is -0.0250 e. The molecule has 1 aliphatic carbocycles. The van der Waals surface area contributed by atoms with Gasteiger partial charge in [0.25, 0.3) is 0 Å². The average molecular weight is 202 g/mol. The largest absolute Gasteiger partial charge is 0.0651 e. The van der Waals surface area contributed by atoms with E-state index >= 15 is 0 Å². The molecule has 2 atom stereocenters. The summed E-state index contributed by atoms with van der Waals surface area (Å²) in [4.78, 5) is 0. The van der Waals surface area contributed by atoms with Crippen molar-refractivity contribution in [3.8, 4) is 0 Å². The van der Waals surface area contributed by atoms with Crippen LogP contribution in [-0.4, -0.2) is 0 Å². The molecule has 0 N–H and O–H groups in total. The van der Waals surface area contributed by atoms with Crippen LogP contribution in [0.2, 0.25) is 0 Å². The second-order valence-corrected chi connectivity index (χ2v) is 5.00. The summed E-state index contributed by atoms with van der Waals surface area (Å²) in [5.41, 5.74) is 1.53. The SMILES string of the molecule is CC[C@@H]1CCC[C@@H](Cc2ccccc2)C1. The monoisotopic (exact) mass is 202 g/mol. The van der Waals surface area contributed by atoms with Crippen LogP contribution in [0.5, 0.6) is 0 Å². The third kappa shape index (κ3) is 3.09. The van der Waals surface area contributed by atoms with Gasteiger partial charge in [-0.25, -0.2) is 0 Å². The van der Waals surface area contributed by atoms with Gasteiger partial charge in [-0.1, -0.05) is 62.9 Å². The molecule has 0 heterocycles. The van der Waals surface area contributed by atoms with E-state index in [1.54, 1.807) is 0 Å². The van der Waals surface area contributed by atoms with E-state index in [4.69, 9.17) is 0 Å². The Bertz CT molecular complexity index is 275. The first-order chi connectivity index (χ1) is 7.38. The fraction of sp³-hybridized carbons (Fsp3) is 0.600. The van der Waals surface area contributed by atoms with E-state index in [2.05, 4.69) is 37.3 Å². The van der Waals surface area contributed by atoms with Crippen LogP contribution in [0.1, 0.15) is 44.6 Å². The molecule has 0 amide bonds. The summed E-state index contributed by atoms with van der Waals surface area (Å²) in [5, 5.41) is 0. The van der Waals surface area contributed by atoms with Crippen LogP contribution < -0.4 is 0 Å². The quantitative estimate of drug-likeness (QED) is 0.679. The Morgan fingerprint density at radius 2 is 1.80 bits per heavy atom. The van der Waals surface area contributed by atoms with Gasteiger partial charge in [-0.2, -0.15) is 0 Å². The molecule has 0 radical (unpaired) electrons. The second kappa shape index (κ2) is 5.34. The molecule has 1 saturated carbocycles.